The summed E-state index contributed by atoms with van der Waals surface area (Å²) in [6.45, 7) is 28.9. The maximum absolute atomic E-state index is 6.99. The van der Waals surface area contributed by atoms with Gasteiger partial charge < -0.3 is 30.2 Å². The molecule has 260 valence electrons. The van der Waals surface area contributed by atoms with Gasteiger partial charge in [-0.2, -0.15) is 0 Å². The first-order chi connectivity index (χ1) is 20.7. The van der Waals surface area contributed by atoms with Gasteiger partial charge in [-0.25, -0.2) is 0 Å². The third-order valence-electron chi connectivity index (χ3n) is 11.1. The van der Waals surface area contributed by atoms with Crippen LogP contribution in [0.4, 0.5) is 0 Å². The molecule has 0 aromatic rings. The standard InChI is InChI=1S/C38H75N3O3/c1-23(2)32-17-29(18-33(39-32)24(3)4)42-16-14-13-15-38(43-30-19-34(25(5)6)40-35(20-30)26(7)8)44-31-21-36(27(9)10)41-37(22-31)28(11)12/h23-41H,13-22H2,1-12H3. The SMILES string of the molecule is CC(C)C1CC(OCCCCC(OC2CC(C(C)C)NC(C(C)C)C2)OC2CC(C(C)C)NC(C(C)C)C2)CC(C(C)C)N1. The molecule has 3 aliphatic heterocycles. The van der Waals surface area contributed by atoms with Crippen LogP contribution in [0.2, 0.25) is 0 Å². The normalized spacial score (nSPS) is 34.6. The van der Waals surface area contributed by atoms with E-state index in [-0.39, 0.29) is 18.5 Å². The maximum atomic E-state index is 6.99. The van der Waals surface area contributed by atoms with Gasteiger partial charge in [-0.05, 0) is 93.3 Å². The number of nitrogens with one attached hydrogen (secondary N) is 3. The zero-order chi connectivity index (χ0) is 32.6. The van der Waals surface area contributed by atoms with Crippen LogP contribution in [0.5, 0.6) is 0 Å². The Morgan fingerprint density at radius 3 is 1.02 bits per heavy atom. The lowest BCUT2D eigenvalue weighted by Crippen LogP contribution is -2.54. The Hall–Kier alpha value is -0.240. The molecular formula is C38H75N3O3. The van der Waals surface area contributed by atoms with E-state index < -0.39 is 0 Å². The molecule has 3 fully saturated rings. The van der Waals surface area contributed by atoms with E-state index in [2.05, 4.69) is 99.0 Å². The molecule has 3 N–H and O–H groups in total. The van der Waals surface area contributed by atoms with E-state index in [4.69, 9.17) is 14.2 Å². The minimum atomic E-state index is -0.142. The van der Waals surface area contributed by atoms with Crippen molar-refractivity contribution < 1.29 is 14.2 Å². The Labute approximate surface area is 273 Å². The van der Waals surface area contributed by atoms with Crippen molar-refractivity contribution in [3.05, 3.63) is 0 Å². The number of rotatable bonds is 16. The highest BCUT2D eigenvalue weighted by atomic mass is 16.7. The highest BCUT2D eigenvalue weighted by molar-refractivity contribution is 4.92. The molecule has 0 aromatic heterocycles. The third-order valence-corrected chi connectivity index (χ3v) is 11.1. The summed E-state index contributed by atoms with van der Waals surface area (Å²) in [4.78, 5) is 0. The summed E-state index contributed by atoms with van der Waals surface area (Å²) in [6.07, 6.45) is 10.4. The van der Waals surface area contributed by atoms with Crippen LogP contribution in [-0.2, 0) is 14.2 Å². The van der Waals surface area contributed by atoms with Crippen molar-refractivity contribution in [2.75, 3.05) is 6.61 Å². The van der Waals surface area contributed by atoms with E-state index in [9.17, 15) is 0 Å². The molecule has 6 nitrogen and oxygen atoms in total. The summed E-state index contributed by atoms with van der Waals surface area (Å²) in [7, 11) is 0. The van der Waals surface area contributed by atoms with Gasteiger partial charge in [0.2, 0.25) is 0 Å². The third kappa shape index (κ3) is 12.1. The van der Waals surface area contributed by atoms with Crippen LogP contribution < -0.4 is 16.0 Å². The number of hydrogen-bond acceptors (Lipinski definition) is 6. The van der Waals surface area contributed by atoms with E-state index in [1.807, 2.05) is 0 Å². The molecule has 6 heteroatoms. The second-order valence-electron chi connectivity index (χ2n) is 17.0. The Morgan fingerprint density at radius 2 is 0.727 bits per heavy atom. The van der Waals surface area contributed by atoms with Crippen LogP contribution in [0.25, 0.3) is 0 Å². The first-order valence-electron chi connectivity index (χ1n) is 18.9. The molecule has 44 heavy (non-hydrogen) atoms. The molecule has 3 saturated heterocycles. The fourth-order valence-corrected chi connectivity index (χ4v) is 7.63. The number of piperidine rings is 3. The lowest BCUT2D eigenvalue weighted by atomic mass is 9.85. The van der Waals surface area contributed by atoms with Gasteiger partial charge in [-0.15, -0.1) is 0 Å². The summed E-state index contributed by atoms with van der Waals surface area (Å²) >= 11 is 0. The van der Waals surface area contributed by atoms with Gasteiger partial charge in [0, 0.05) is 42.9 Å². The minimum Gasteiger partial charge on any atom is -0.378 e. The van der Waals surface area contributed by atoms with Gasteiger partial charge in [0.05, 0.1) is 18.3 Å². The van der Waals surface area contributed by atoms with Gasteiger partial charge in [-0.3, -0.25) is 0 Å². The van der Waals surface area contributed by atoms with E-state index in [0.717, 1.165) is 64.4 Å². The van der Waals surface area contributed by atoms with E-state index in [0.29, 0.717) is 77.9 Å². The van der Waals surface area contributed by atoms with Crippen LogP contribution in [0.1, 0.15) is 141 Å². The molecule has 0 bridgehead atoms. The maximum Gasteiger partial charge on any atom is 0.158 e. The van der Waals surface area contributed by atoms with Gasteiger partial charge in [-0.1, -0.05) is 83.1 Å². The largest absolute Gasteiger partial charge is 0.378 e. The van der Waals surface area contributed by atoms with Crippen molar-refractivity contribution >= 4 is 0 Å². The number of ether oxygens (including phenoxy) is 3. The fraction of sp³-hybridized carbons (Fsp3) is 1.00. The molecule has 3 heterocycles. The molecule has 0 radical (unpaired) electrons. The molecule has 0 aromatic carbocycles. The summed E-state index contributed by atoms with van der Waals surface area (Å²) < 4.78 is 20.5. The van der Waals surface area contributed by atoms with Gasteiger partial charge >= 0.3 is 0 Å². The molecule has 3 rings (SSSR count). The van der Waals surface area contributed by atoms with Crippen LogP contribution in [0, 0.1) is 35.5 Å². The minimum absolute atomic E-state index is 0.142. The van der Waals surface area contributed by atoms with Crippen molar-refractivity contribution in [1.82, 2.24) is 16.0 Å². The first-order valence-corrected chi connectivity index (χ1v) is 18.9. The van der Waals surface area contributed by atoms with E-state index >= 15 is 0 Å². The van der Waals surface area contributed by atoms with Crippen LogP contribution >= 0.6 is 0 Å². The second-order valence-corrected chi connectivity index (χ2v) is 17.0. The van der Waals surface area contributed by atoms with Gasteiger partial charge in [0.15, 0.2) is 6.29 Å². The van der Waals surface area contributed by atoms with Crippen molar-refractivity contribution in [1.29, 1.82) is 0 Å². The smallest absolute Gasteiger partial charge is 0.158 e. The first kappa shape index (κ1) is 38.2. The lowest BCUT2D eigenvalue weighted by Gasteiger charge is -2.43. The summed E-state index contributed by atoms with van der Waals surface area (Å²) in [5.74, 6) is 3.67. The van der Waals surface area contributed by atoms with Crippen molar-refractivity contribution in [3.8, 4) is 0 Å². The molecule has 0 aliphatic carbocycles. The quantitative estimate of drug-likeness (QED) is 0.120. The Morgan fingerprint density at radius 1 is 0.432 bits per heavy atom. The molecule has 3 aliphatic rings. The number of unbranched alkanes of at least 4 members (excludes halogenated alkanes) is 1. The Bertz CT molecular complexity index is 699. The Kier molecular flexibility index (Phi) is 15.9. The average molecular weight is 622 g/mol. The average Bonchev–Trinajstić information content (AvgIpc) is 2.96. The summed E-state index contributed by atoms with van der Waals surface area (Å²) in [6, 6.07) is 3.10. The Balaban J connectivity index is 1.61. The van der Waals surface area contributed by atoms with Gasteiger partial charge in [0.1, 0.15) is 0 Å². The highest BCUT2D eigenvalue weighted by Gasteiger charge is 2.37. The van der Waals surface area contributed by atoms with Crippen molar-refractivity contribution in [2.45, 2.75) is 202 Å². The second kappa shape index (κ2) is 18.3. The molecule has 6 atom stereocenters. The molecule has 0 saturated carbocycles. The summed E-state index contributed by atoms with van der Waals surface area (Å²) in [5, 5.41) is 11.8. The summed E-state index contributed by atoms with van der Waals surface area (Å²) in [5.41, 5.74) is 0. The fourth-order valence-electron chi connectivity index (χ4n) is 7.63. The van der Waals surface area contributed by atoms with Crippen LogP contribution in [0.15, 0.2) is 0 Å². The molecule has 6 unspecified atom stereocenters. The monoisotopic (exact) mass is 622 g/mol. The van der Waals surface area contributed by atoms with Crippen LogP contribution in [-0.4, -0.2) is 67.5 Å². The van der Waals surface area contributed by atoms with Crippen molar-refractivity contribution in [2.24, 2.45) is 35.5 Å². The highest BCUT2D eigenvalue weighted by Crippen LogP contribution is 2.31. The number of hydrogen-bond donors (Lipinski definition) is 3. The zero-order valence-electron chi connectivity index (χ0n) is 31.0. The van der Waals surface area contributed by atoms with E-state index in [1.54, 1.807) is 0 Å². The molecule has 0 amide bonds. The molecular weight excluding hydrogens is 546 g/mol. The predicted octanol–water partition coefficient (Wildman–Crippen LogP) is 7.94. The topological polar surface area (TPSA) is 63.8 Å². The molecule has 0 spiro atoms. The van der Waals surface area contributed by atoms with Gasteiger partial charge in [0.25, 0.3) is 0 Å². The predicted molar refractivity (Wildman–Crippen MR) is 186 cm³/mol. The zero-order valence-corrected chi connectivity index (χ0v) is 31.0. The van der Waals surface area contributed by atoms with E-state index in [1.165, 1.54) is 0 Å². The van der Waals surface area contributed by atoms with Crippen molar-refractivity contribution in [3.63, 3.8) is 0 Å². The van der Waals surface area contributed by atoms with Crippen LogP contribution in [0.3, 0.4) is 0 Å². The lowest BCUT2D eigenvalue weighted by molar-refractivity contribution is -0.214.